The molecule has 0 bridgehead atoms. The smallest absolute Gasteiger partial charge is 0.303 e. The van der Waals surface area contributed by atoms with Gasteiger partial charge in [-0.2, -0.15) is 0 Å². The molecule has 0 fully saturated rings. The van der Waals surface area contributed by atoms with Gasteiger partial charge in [0.2, 0.25) is 0 Å². The average Bonchev–Trinajstić information content (AvgIpc) is 1.47. The van der Waals surface area contributed by atoms with Gasteiger partial charge in [0, 0.05) is 0 Å². The van der Waals surface area contributed by atoms with Crippen LogP contribution in [0.1, 0.15) is 34.1 Å². The van der Waals surface area contributed by atoms with Gasteiger partial charge in [-0.15, -0.1) is 6.58 Å². The molecule has 5 heteroatoms. The Bertz CT molecular complexity index is 190. The summed E-state index contributed by atoms with van der Waals surface area (Å²) in [4.78, 5) is 21.6. The summed E-state index contributed by atoms with van der Waals surface area (Å²) in [5.74, 6) is 0. The fourth-order valence-corrected chi connectivity index (χ4v) is 0.905. The molecule has 0 atom stereocenters. The minimum absolute atomic E-state index is 0.422. The van der Waals surface area contributed by atoms with Crippen molar-refractivity contribution >= 4 is 7.82 Å². The Labute approximate surface area is 79.5 Å². The number of allylic oxidation sites excluding steroid dienone is 1. The molecule has 0 aliphatic rings. The Hall–Kier alpha value is -0.150. The van der Waals surface area contributed by atoms with Crippen molar-refractivity contribution in [2.75, 3.05) is 0 Å². The van der Waals surface area contributed by atoms with E-state index in [2.05, 4.69) is 34.3 Å². The van der Waals surface area contributed by atoms with Gasteiger partial charge < -0.3 is 14.7 Å². The van der Waals surface area contributed by atoms with Gasteiger partial charge in [-0.3, -0.25) is 0 Å². The molecule has 0 spiro atoms. The van der Waals surface area contributed by atoms with Gasteiger partial charge in [0.25, 0.3) is 0 Å². The van der Waals surface area contributed by atoms with E-state index in [9.17, 15) is 0 Å². The van der Waals surface area contributed by atoms with Crippen molar-refractivity contribution in [2.45, 2.75) is 34.1 Å². The van der Waals surface area contributed by atoms with Crippen LogP contribution in [0.5, 0.6) is 0 Å². The third kappa shape index (κ3) is 48.9. The van der Waals surface area contributed by atoms with Crippen LogP contribution in [0.25, 0.3) is 0 Å². The Morgan fingerprint density at radius 2 is 1.54 bits per heavy atom. The van der Waals surface area contributed by atoms with Gasteiger partial charge in [-0.1, -0.05) is 26.3 Å². The number of hydrogen-bond acceptors (Lipinski definition) is 1. The quantitative estimate of drug-likeness (QED) is 0.457. The normalized spacial score (nSPS) is 11.6. The summed E-state index contributed by atoms with van der Waals surface area (Å²) in [5.41, 5.74) is 1.70. The van der Waals surface area contributed by atoms with E-state index in [0.717, 1.165) is 6.42 Å². The molecule has 3 N–H and O–H groups in total. The van der Waals surface area contributed by atoms with Gasteiger partial charge in [0.05, 0.1) is 0 Å². The second kappa shape index (κ2) is 5.55. The minimum Gasteiger partial charge on any atom is -0.303 e. The molecule has 0 aromatic rings. The third-order valence-corrected chi connectivity index (χ3v) is 0.832. The van der Waals surface area contributed by atoms with Crippen LogP contribution in [-0.2, 0) is 4.57 Å². The molecule has 4 nitrogen and oxygen atoms in total. The minimum atomic E-state index is -4.64. The van der Waals surface area contributed by atoms with Crippen LogP contribution >= 0.6 is 7.82 Å². The Morgan fingerprint density at radius 1 is 1.31 bits per heavy atom. The van der Waals surface area contributed by atoms with Crippen LogP contribution in [0.2, 0.25) is 0 Å². The van der Waals surface area contributed by atoms with E-state index in [1.54, 1.807) is 0 Å². The van der Waals surface area contributed by atoms with Crippen molar-refractivity contribution in [3.63, 3.8) is 0 Å². The molecule has 0 unspecified atom stereocenters. The van der Waals surface area contributed by atoms with Crippen molar-refractivity contribution in [3.8, 4) is 0 Å². The van der Waals surface area contributed by atoms with E-state index in [1.165, 1.54) is 5.57 Å². The largest absolute Gasteiger partial charge is 0.466 e. The van der Waals surface area contributed by atoms with Crippen LogP contribution in [0.15, 0.2) is 12.2 Å². The van der Waals surface area contributed by atoms with Crippen LogP contribution in [-0.4, -0.2) is 14.7 Å². The lowest BCUT2D eigenvalue weighted by atomic mass is 9.89. The standard InChI is InChI=1S/C8H16.H3O4P/c1-7(2)6-8(3,4)5;1-5(2,3)4/h1,6H2,2-5H3;(H3,1,2,3,4). The lowest BCUT2D eigenvalue weighted by molar-refractivity contribution is 0.275. The molecule has 0 aliphatic carbocycles. The third-order valence-electron chi connectivity index (χ3n) is 0.832. The highest BCUT2D eigenvalue weighted by molar-refractivity contribution is 7.45. The summed E-state index contributed by atoms with van der Waals surface area (Å²) >= 11 is 0. The molecule has 0 rings (SSSR count). The second-order valence-corrected chi connectivity index (χ2v) is 5.23. The predicted octanol–water partition coefficient (Wildman–Crippen LogP) is 2.07. The summed E-state index contributed by atoms with van der Waals surface area (Å²) < 4.78 is 8.88. The maximum Gasteiger partial charge on any atom is 0.466 e. The zero-order chi connectivity index (χ0) is 11.3. The molecule has 0 amide bonds. The number of phosphoric acid groups is 1. The maximum atomic E-state index is 8.88. The molecule has 80 valence electrons. The molecule has 13 heavy (non-hydrogen) atoms. The van der Waals surface area contributed by atoms with Crippen LogP contribution in [0, 0.1) is 5.41 Å². The zero-order valence-corrected chi connectivity index (χ0v) is 9.51. The first kappa shape index (κ1) is 15.3. The molecule has 0 aliphatic heterocycles. The lowest BCUT2D eigenvalue weighted by Crippen LogP contribution is -2.03. The van der Waals surface area contributed by atoms with Crippen LogP contribution in [0.3, 0.4) is 0 Å². The summed E-state index contributed by atoms with van der Waals surface area (Å²) in [6, 6.07) is 0. The molecule has 0 radical (unpaired) electrons. The molecule has 0 saturated heterocycles. The summed E-state index contributed by atoms with van der Waals surface area (Å²) in [7, 11) is -4.64. The van der Waals surface area contributed by atoms with Crippen molar-refractivity contribution in [2.24, 2.45) is 5.41 Å². The van der Waals surface area contributed by atoms with E-state index in [4.69, 9.17) is 19.2 Å². The summed E-state index contributed by atoms with van der Waals surface area (Å²) in [6.07, 6.45) is 1.13. The van der Waals surface area contributed by atoms with Gasteiger partial charge in [-0.05, 0) is 18.8 Å². The maximum absolute atomic E-state index is 8.88. The van der Waals surface area contributed by atoms with Crippen molar-refractivity contribution in [3.05, 3.63) is 12.2 Å². The van der Waals surface area contributed by atoms with E-state index in [-0.39, 0.29) is 0 Å². The predicted molar refractivity (Wildman–Crippen MR) is 53.1 cm³/mol. The first-order valence-corrected chi connectivity index (χ1v) is 5.41. The van der Waals surface area contributed by atoms with Crippen molar-refractivity contribution in [1.29, 1.82) is 0 Å². The lowest BCUT2D eigenvalue weighted by Gasteiger charge is -2.17. The average molecular weight is 210 g/mol. The second-order valence-electron chi connectivity index (χ2n) is 4.21. The van der Waals surface area contributed by atoms with Gasteiger partial charge in [0.1, 0.15) is 0 Å². The monoisotopic (exact) mass is 210 g/mol. The highest BCUT2D eigenvalue weighted by atomic mass is 31.2. The first-order valence-electron chi connectivity index (χ1n) is 3.84. The molecule has 0 heterocycles. The summed E-state index contributed by atoms with van der Waals surface area (Å²) in [6.45, 7) is 12.6. The van der Waals surface area contributed by atoms with Crippen LogP contribution in [0.4, 0.5) is 0 Å². The van der Waals surface area contributed by atoms with Crippen molar-refractivity contribution < 1.29 is 19.2 Å². The van der Waals surface area contributed by atoms with E-state index in [0.29, 0.717) is 5.41 Å². The SMILES string of the molecule is C=C(C)CC(C)(C)C.O=P(O)(O)O. The number of hydrogen-bond donors (Lipinski definition) is 3. The van der Waals surface area contributed by atoms with Crippen molar-refractivity contribution in [1.82, 2.24) is 0 Å². The number of rotatable bonds is 1. The fourth-order valence-electron chi connectivity index (χ4n) is 0.905. The van der Waals surface area contributed by atoms with E-state index < -0.39 is 7.82 Å². The first-order chi connectivity index (χ1) is 5.42. The van der Waals surface area contributed by atoms with E-state index in [1.807, 2.05) is 0 Å². The van der Waals surface area contributed by atoms with Gasteiger partial charge >= 0.3 is 7.82 Å². The van der Waals surface area contributed by atoms with Crippen LogP contribution < -0.4 is 0 Å². The Balaban J connectivity index is 0. The topological polar surface area (TPSA) is 77.8 Å². The van der Waals surface area contributed by atoms with Gasteiger partial charge in [-0.25, -0.2) is 4.57 Å². The zero-order valence-electron chi connectivity index (χ0n) is 8.61. The Morgan fingerprint density at radius 3 is 1.54 bits per heavy atom. The molecular weight excluding hydrogens is 191 g/mol. The Kier molecular flexibility index (Phi) is 6.55. The highest BCUT2D eigenvalue weighted by Crippen LogP contribution is 2.25. The van der Waals surface area contributed by atoms with E-state index >= 15 is 0 Å². The molecule has 0 saturated carbocycles. The highest BCUT2D eigenvalue weighted by Gasteiger charge is 2.08. The molecule has 0 aromatic carbocycles. The molecule has 0 aromatic heterocycles. The fraction of sp³-hybridized carbons (Fsp3) is 0.750. The summed E-state index contributed by atoms with van der Waals surface area (Å²) in [5, 5.41) is 0. The van der Waals surface area contributed by atoms with Gasteiger partial charge in [0.15, 0.2) is 0 Å². The molecular formula is C8H19O4P.